The lowest BCUT2D eigenvalue weighted by Crippen LogP contribution is -2.46. The van der Waals surface area contributed by atoms with Crippen molar-refractivity contribution in [1.82, 2.24) is 15.2 Å². The van der Waals surface area contributed by atoms with Gasteiger partial charge in [0, 0.05) is 35.5 Å². The minimum atomic E-state index is -0.0128. The molecule has 2 amide bonds. The summed E-state index contributed by atoms with van der Waals surface area (Å²) in [6.07, 6.45) is 1.69. The third-order valence-electron chi connectivity index (χ3n) is 5.70. The standard InChI is InChI=1S/C23H30ClN3O3S/c1-15(2)16(3)25-23(29)17-8-10-27(11-9-17)22(28)12-19-14-31-21(26-19)13-30-20-6-4-18(24)5-7-20/h4-7,14-17H,8-13H2,1-3H3,(H,25,29). The summed E-state index contributed by atoms with van der Waals surface area (Å²) in [5.74, 6) is 1.29. The first-order valence-electron chi connectivity index (χ1n) is 10.7. The smallest absolute Gasteiger partial charge is 0.228 e. The molecule has 1 unspecified atom stereocenters. The van der Waals surface area contributed by atoms with Gasteiger partial charge in [-0.15, -0.1) is 11.3 Å². The Labute approximate surface area is 193 Å². The Morgan fingerprint density at radius 2 is 1.90 bits per heavy atom. The molecule has 1 aliphatic rings. The molecular formula is C23H30ClN3O3S. The number of rotatable bonds is 8. The van der Waals surface area contributed by atoms with E-state index in [4.69, 9.17) is 16.3 Å². The number of nitrogens with zero attached hydrogens (tertiary/aromatic N) is 2. The van der Waals surface area contributed by atoms with E-state index in [1.165, 1.54) is 11.3 Å². The van der Waals surface area contributed by atoms with Crippen molar-refractivity contribution in [3.8, 4) is 5.75 Å². The summed E-state index contributed by atoms with van der Waals surface area (Å²) >= 11 is 7.36. The van der Waals surface area contributed by atoms with Crippen LogP contribution in [-0.4, -0.2) is 40.8 Å². The van der Waals surface area contributed by atoms with Gasteiger partial charge in [-0.1, -0.05) is 25.4 Å². The Hall–Kier alpha value is -2.12. The average molecular weight is 464 g/mol. The van der Waals surface area contributed by atoms with E-state index < -0.39 is 0 Å². The molecule has 2 heterocycles. The maximum Gasteiger partial charge on any atom is 0.228 e. The van der Waals surface area contributed by atoms with Gasteiger partial charge in [-0.2, -0.15) is 0 Å². The Kier molecular flexibility index (Phi) is 8.32. The molecule has 1 aliphatic heterocycles. The number of carbonyl (C=O) groups is 2. The second-order valence-electron chi connectivity index (χ2n) is 8.35. The highest BCUT2D eigenvalue weighted by molar-refractivity contribution is 7.09. The molecule has 1 saturated heterocycles. The molecule has 0 aliphatic carbocycles. The molecule has 1 aromatic heterocycles. The summed E-state index contributed by atoms with van der Waals surface area (Å²) in [7, 11) is 0. The van der Waals surface area contributed by atoms with E-state index in [2.05, 4.69) is 24.1 Å². The Balaban J connectivity index is 1.43. The molecule has 1 aromatic carbocycles. The van der Waals surface area contributed by atoms with Gasteiger partial charge in [-0.25, -0.2) is 4.98 Å². The number of hydrogen-bond acceptors (Lipinski definition) is 5. The summed E-state index contributed by atoms with van der Waals surface area (Å²) in [6.45, 7) is 7.81. The van der Waals surface area contributed by atoms with Gasteiger partial charge in [0.1, 0.15) is 17.4 Å². The number of aromatic nitrogens is 1. The van der Waals surface area contributed by atoms with Crippen LogP contribution < -0.4 is 10.1 Å². The van der Waals surface area contributed by atoms with E-state index in [9.17, 15) is 9.59 Å². The van der Waals surface area contributed by atoms with E-state index in [0.29, 0.717) is 43.5 Å². The molecule has 0 spiro atoms. The molecule has 8 heteroatoms. The summed E-state index contributed by atoms with van der Waals surface area (Å²) in [5.41, 5.74) is 0.760. The lowest BCUT2D eigenvalue weighted by Gasteiger charge is -2.32. The number of ether oxygens (including phenoxy) is 1. The average Bonchev–Trinajstić information content (AvgIpc) is 3.20. The predicted octanol–water partition coefficient (Wildman–Crippen LogP) is 4.32. The van der Waals surface area contributed by atoms with Crippen molar-refractivity contribution < 1.29 is 14.3 Å². The SMILES string of the molecule is CC(C)C(C)NC(=O)C1CCN(C(=O)Cc2csc(COc3ccc(Cl)cc3)n2)CC1. The highest BCUT2D eigenvalue weighted by atomic mass is 35.5. The van der Waals surface area contributed by atoms with Crippen LogP contribution in [0.3, 0.4) is 0 Å². The molecule has 31 heavy (non-hydrogen) atoms. The molecule has 0 saturated carbocycles. The lowest BCUT2D eigenvalue weighted by atomic mass is 9.94. The van der Waals surface area contributed by atoms with E-state index in [1.807, 2.05) is 29.3 Å². The van der Waals surface area contributed by atoms with Crippen molar-refractivity contribution in [2.45, 2.75) is 52.7 Å². The van der Waals surface area contributed by atoms with Crippen molar-refractivity contribution in [3.63, 3.8) is 0 Å². The lowest BCUT2D eigenvalue weighted by molar-refractivity contribution is -0.135. The van der Waals surface area contributed by atoms with E-state index in [-0.39, 0.29) is 30.2 Å². The van der Waals surface area contributed by atoms with Crippen molar-refractivity contribution in [2.24, 2.45) is 11.8 Å². The third-order valence-corrected chi connectivity index (χ3v) is 6.82. The van der Waals surface area contributed by atoms with Gasteiger partial charge >= 0.3 is 0 Å². The van der Waals surface area contributed by atoms with Crippen molar-refractivity contribution in [1.29, 1.82) is 0 Å². The first-order chi connectivity index (χ1) is 14.8. The number of thiazole rings is 1. The maximum absolute atomic E-state index is 12.7. The number of amides is 2. The zero-order valence-electron chi connectivity index (χ0n) is 18.3. The zero-order chi connectivity index (χ0) is 22.4. The second-order valence-corrected chi connectivity index (χ2v) is 9.73. The Morgan fingerprint density at radius 1 is 1.23 bits per heavy atom. The van der Waals surface area contributed by atoms with Crippen LogP contribution in [0.15, 0.2) is 29.6 Å². The highest BCUT2D eigenvalue weighted by Gasteiger charge is 2.28. The number of likely N-dealkylation sites (tertiary alicyclic amines) is 1. The van der Waals surface area contributed by atoms with Gasteiger partial charge in [0.05, 0.1) is 12.1 Å². The molecule has 168 valence electrons. The summed E-state index contributed by atoms with van der Waals surface area (Å²) < 4.78 is 5.71. The number of piperidine rings is 1. The number of carbonyl (C=O) groups excluding carboxylic acids is 2. The van der Waals surface area contributed by atoms with Gasteiger partial charge in [0.25, 0.3) is 0 Å². The fraction of sp³-hybridized carbons (Fsp3) is 0.522. The molecule has 1 N–H and O–H groups in total. The third kappa shape index (κ3) is 6.94. The summed E-state index contributed by atoms with van der Waals surface area (Å²) in [5, 5.41) is 6.49. The molecule has 1 fully saturated rings. The first-order valence-corrected chi connectivity index (χ1v) is 12.0. The normalized spacial score (nSPS) is 15.7. The molecule has 6 nitrogen and oxygen atoms in total. The van der Waals surface area contributed by atoms with E-state index in [0.717, 1.165) is 16.5 Å². The first kappa shape index (κ1) is 23.5. The second kappa shape index (κ2) is 11.0. The number of hydrogen-bond donors (Lipinski definition) is 1. The van der Waals surface area contributed by atoms with Gasteiger partial charge in [0.2, 0.25) is 11.8 Å². The van der Waals surface area contributed by atoms with Crippen LogP contribution in [0.4, 0.5) is 0 Å². The Morgan fingerprint density at radius 3 is 2.55 bits per heavy atom. The Bertz CT molecular complexity index is 876. The minimum Gasteiger partial charge on any atom is -0.486 e. The van der Waals surface area contributed by atoms with Gasteiger partial charge < -0.3 is 15.0 Å². The van der Waals surface area contributed by atoms with Crippen LogP contribution in [0.25, 0.3) is 0 Å². The summed E-state index contributed by atoms with van der Waals surface area (Å²) in [6, 6.07) is 7.34. The zero-order valence-corrected chi connectivity index (χ0v) is 19.8. The molecule has 0 radical (unpaired) electrons. The van der Waals surface area contributed by atoms with E-state index in [1.54, 1.807) is 12.1 Å². The van der Waals surface area contributed by atoms with E-state index >= 15 is 0 Å². The topological polar surface area (TPSA) is 71.5 Å². The molecule has 3 rings (SSSR count). The largest absolute Gasteiger partial charge is 0.486 e. The monoisotopic (exact) mass is 463 g/mol. The number of halogens is 1. The van der Waals surface area contributed by atoms with Crippen LogP contribution in [0.2, 0.25) is 5.02 Å². The summed E-state index contributed by atoms with van der Waals surface area (Å²) in [4.78, 5) is 31.5. The van der Waals surface area contributed by atoms with Gasteiger partial charge in [-0.3, -0.25) is 9.59 Å². The highest BCUT2D eigenvalue weighted by Crippen LogP contribution is 2.21. The minimum absolute atomic E-state index is 0.0128. The number of benzene rings is 1. The van der Waals surface area contributed by atoms with Crippen molar-refractivity contribution in [3.05, 3.63) is 45.4 Å². The van der Waals surface area contributed by atoms with Gasteiger partial charge in [0.15, 0.2) is 0 Å². The molecule has 0 bridgehead atoms. The van der Waals surface area contributed by atoms with Crippen LogP contribution in [0, 0.1) is 11.8 Å². The fourth-order valence-electron chi connectivity index (χ4n) is 3.34. The molecular weight excluding hydrogens is 434 g/mol. The predicted molar refractivity (Wildman–Crippen MR) is 123 cm³/mol. The maximum atomic E-state index is 12.7. The molecule has 1 atom stereocenters. The van der Waals surface area contributed by atoms with Crippen molar-refractivity contribution in [2.75, 3.05) is 13.1 Å². The van der Waals surface area contributed by atoms with Crippen LogP contribution in [0.1, 0.15) is 44.3 Å². The van der Waals surface area contributed by atoms with Crippen LogP contribution >= 0.6 is 22.9 Å². The quantitative estimate of drug-likeness (QED) is 0.632. The van der Waals surface area contributed by atoms with Crippen molar-refractivity contribution >= 4 is 34.8 Å². The fourth-order valence-corrected chi connectivity index (χ4v) is 4.17. The molecule has 2 aromatic rings. The van der Waals surface area contributed by atoms with Crippen LogP contribution in [0.5, 0.6) is 5.75 Å². The van der Waals surface area contributed by atoms with Gasteiger partial charge in [-0.05, 0) is 49.9 Å². The van der Waals surface area contributed by atoms with Crippen LogP contribution in [-0.2, 0) is 22.6 Å². The number of nitrogens with one attached hydrogen (secondary N) is 1.